The minimum absolute atomic E-state index is 0.621. The van der Waals surface area contributed by atoms with Crippen LogP contribution in [0.15, 0.2) is 24.3 Å². The molecule has 3 rings (SSSR count). The maximum absolute atomic E-state index is 3.73. The van der Waals surface area contributed by atoms with Crippen LogP contribution < -0.4 is 5.32 Å². The Morgan fingerprint density at radius 3 is 2.63 bits per heavy atom. The van der Waals surface area contributed by atoms with Crippen LogP contribution in [-0.2, 0) is 0 Å². The van der Waals surface area contributed by atoms with Gasteiger partial charge in [0, 0.05) is 24.3 Å². The van der Waals surface area contributed by atoms with Gasteiger partial charge in [-0.1, -0.05) is 26.0 Å². The van der Waals surface area contributed by atoms with Gasteiger partial charge < -0.3 is 10.2 Å². The fraction of sp³-hybridized carbons (Fsp3) is 0.647. The van der Waals surface area contributed by atoms with E-state index in [1.807, 2.05) is 0 Å². The lowest BCUT2D eigenvalue weighted by Crippen LogP contribution is -2.42. The first kappa shape index (κ1) is 13.0. The molecule has 0 bridgehead atoms. The van der Waals surface area contributed by atoms with Gasteiger partial charge in [0.15, 0.2) is 0 Å². The highest BCUT2D eigenvalue weighted by Crippen LogP contribution is 2.28. The van der Waals surface area contributed by atoms with Gasteiger partial charge in [0.25, 0.3) is 0 Å². The van der Waals surface area contributed by atoms with Crippen LogP contribution in [0.2, 0.25) is 0 Å². The summed E-state index contributed by atoms with van der Waals surface area (Å²) in [6.45, 7) is 7.11. The molecule has 2 fully saturated rings. The van der Waals surface area contributed by atoms with Crippen LogP contribution in [0.25, 0.3) is 0 Å². The van der Waals surface area contributed by atoms with Gasteiger partial charge in [-0.15, -0.1) is 0 Å². The summed E-state index contributed by atoms with van der Waals surface area (Å²) >= 11 is 0. The molecule has 1 N–H and O–H groups in total. The van der Waals surface area contributed by atoms with Crippen LogP contribution in [0.1, 0.15) is 51.0 Å². The molecule has 104 valence electrons. The van der Waals surface area contributed by atoms with Gasteiger partial charge in [0.05, 0.1) is 0 Å². The van der Waals surface area contributed by atoms with E-state index in [0.29, 0.717) is 12.0 Å². The summed E-state index contributed by atoms with van der Waals surface area (Å²) in [5.74, 6) is 0.621. The molecule has 2 heteroatoms. The van der Waals surface area contributed by atoms with E-state index in [2.05, 4.69) is 48.3 Å². The van der Waals surface area contributed by atoms with E-state index in [1.54, 1.807) is 0 Å². The lowest BCUT2D eigenvalue weighted by Gasteiger charge is -2.35. The Labute approximate surface area is 117 Å². The van der Waals surface area contributed by atoms with Crippen LogP contribution in [0, 0.1) is 0 Å². The molecular weight excluding hydrogens is 232 g/mol. The van der Waals surface area contributed by atoms with E-state index in [-0.39, 0.29) is 0 Å². The second-order valence-corrected chi connectivity index (χ2v) is 6.47. The van der Waals surface area contributed by atoms with Crippen molar-refractivity contribution in [3.63, 3.8) is 0 Å². The number of benzene rings is 1. The van der Waals surface area contributed by atoms with Gasteiger partial charge in [0.2, 0.25) is 0 Å². The largest absolute Gasteiger partial charge is 0.382 e. The summed E-state index contributed by atoms with van der Waals surface area (Å²) in [5.41, 5.74) is 2.72. The van der Waals surface area contributed by atoms with E-state index in [9.17, 15) is 0 Å². The second-order valence-electron chi connectivity index (χ2n) is 6.47. The number of hydrogen-bond donors (Lipinski definition) is 1. The molecule has 0 radical (unpaired) electrons. The first-order valence-corrected chi connectivity index (χ1v) is 7.83. The zero-order chi connectivity index (χ0) is 13.2. The van der Waals surface area contributed by atoms with Crippen LogP contribution in [0.5, 0.6) is 0 Å². The Morgan fingerprint density at radius 1 is 1.11 bits per heavy atom. The van der Waals surface area contributed by atoms with Gasteiger partial charge in [0.1, 0.15) is 0 Å². The standard InChI is InChI=1S/C17H26N2/c1-13(2)14-5-7-15(8-6-14)18-16-9-11-19-10-3-4-17(19)12-16/h5-8,13,16-18H,3-4,9-12H2,1-2H3. The summed E-state index contributed by atoms with van der Waals surface area (Å²) < 4.78 is 0. The summed E-state index contributed by atoms with van der Waals surface area (Å²) in [5, 5.41) is 3.73. The molecule has 19 heavy (non-hydrogen) atoms. The van der Waals surface area contributed by atoms with Crippen LogP contribution in [-0.4, -0.2) is 30.1 Å². The van der Waals surface area contributed by atoms with Crippen molar-refractivity contribution in [1.82, 2.24) is 4.90 Å². The number of fused-ring (bicyclic) bond motifs is 1. The van der Waals surface area contributed by atoms with Crippen molar-refractivity contribution in [2.24, 2.45) is 0 Å². The third-order valence-electron chi connectivity index (χ3n) is 4.77. The predicted octanol–water partition coefficient (Wildman–Crippen LogP) is 3.85. The van der Waals surface area contributed by atoms with Crippen molar-refractivity contribution in [3.05, 3.63) is 29.8 Å². The molecule has 0 spiro atoms. The van der Waals surface area contributed by atoms with Gasteiger partial charge in [-0.2, -0.15) is 0 Å². The summed E-state index contributed by atoms with van der Waals surface area (Å²) in [4.78, 5) is 2.68. The van der Waals surface area contributed by atoms with Crippen molar-refractivity contribution in [2.75, 3.05) is 18.4 Å². The van der Waals surface area contributed by atoms with Crippen LogP contribution >= 0.6 is 0 Å². The zero-order valence-corrected chi connectivity index (χ0v) is 12.2. The molecule has 2 aliphatic rings. The summed E-state index contributed by atoms with van der Waals surface area (Å²) in [7, 11) is 0. The van der Waals surface area contributed by atoms with Crippen molar-refractivity contribution < 1.29 is 0 Å². The third-order valence-corrected chi connectivity index (χ3v) is 4.77. The van der Waals surface area contributed by atoms with Crippen LogP contribution in [0.3, 0.4) is 0 Å². The summed E-state index contributed by atoms with van der Waals surface area (Å²) in [6, 6.07) is 10.5. The van der Waals surface area contributed by atoms with E-state index < -0.39 is 0 Å². The Kier molecular flexibility index (Phi) is 3.79. The maximum Gasteiger partial charge on any atom is 0.0342 e. The van der Waals surface area contributed by atoms with Gasteiger partial charge >= 0.3 is 0 Å². The topological polar surface area (TPSA) is 15.3 Å². The van der Waals surface area contributed by atoms with Crippen molar-refractivity contribution in [2.45, 2.75) is 57.5 Å². The molecule has 2 aliphatic heterocycles. The number of nitrogens with one attached hydrogen (secondary N) is 1. The molecule has 2 unspecified atom stereocenters. The summed E-state index contributed by atoms with van der Waals surface area (Å²) in [6.07, 6.45) is 5.43. The lowest BCUT2D eigenvalue weighted by atomic mass is 9.97. The molecular formula is C17H26N2. The van der Waals surface area contributed by atoms with E-state index >= 15 is 0 Å². The predicted molar refractivity (Wildman–Crippen MR) is 81.8 cm³/mol. The Bertz CT molecular complexity index is 410. The minimum Gasteiger partial charge on any atom is -0.382 e. The van der Waals surface area contributed by atoms with E-state index in [1.165, 1.54) is 50.0 Å². The van der Waals surface area contributed by atoms with Gasteiger partial charge in [-0.25, -0.2) is 0 Å². The Hall–Kier alpha value is -1.02. The minimum atomic E-state index is 0.621. The molecule has 0 amide bonds. The number of nitrogens with zero attached hydrogens (tertiary/aromatic N) is 1. The molecule has 1 aromatic rings. The third kappa shape index (κ3) is 2.94. The first-order chi connectivity index (χ1) is 9.22. The van der Waals surface area contributed by atoms with Gasteiger partial charge in [-0.05, 0) is 55.8 Å². The number of piperidine rings is 1. The monoisotopic (exact) mass is 258 g/mol. The molecule has 0 aliphatic carbocycles. The second kappa shape index (κ2) is 5.54. The molecule has 0 saturated carbocycles. The lowest BCUT2D eigenvalue weighted by molar-refractivity contribution is 0.188. The Balaban J connectivity index is 1.59. The number of hydrogen-bond acceptors (Lipinski definition) is 2. The Morgan fingerprint density at radius 2 is 1.89 bits per heavy atom. The average Bonchev–Trinajstić information content (AvgIpc) is 2.87. The molecule has 2 heterocycles. The zero-order valence-electron chi connectivity index (χ0n) is 12.2. The molecule has 1 aromatic carbocycles. The SMILES string of the molecule is CC(C)c1ccc(NC2CCN3CCCC3C2)cc1. The number of rotatable bonds is 3. The normalized spacial score (nSPS) is 27.5. The molecule has 2 saturated heterocycles. The maximum atomic E-state index is 3.73. The van der Waals surface area contributed by atoms with Crippen LogP contribution in [0.4, 0.5) is 5.69 Å². The average molecular weight is 258 g/mol. The van der Waals surface area contributed by atoms with Crippen molar-refractivity contribution in [3.8, 4) is 0 Å². The fourth-order valence-corrected chi connectivity index (χ4v) is 3.56. The van der Waals surface area contributed by atoms with E-state index in [0.717, 1.165) is 6.04 Å². The fourth-order valence-electron chi connectivity index (χ4n) is 3.56. The quantitative estimate of drug-likeness (QED) is 0.886. The van der Waals surface area contributed by atoms with Crippen molar-refractivity contribution in [1.29, 1.82) is 0 Å². The van der Waals surface area contributed by atoms with Crippen molar-refractivity contribution >= 4 is 5.69 Å². The smallest absolute Gasteiger partial charge is 0.0342 e. The first-order valence-electron chi connectivity index (χ1n) is 7.83. The van der Waals surface area contributed by atoms with Gasteiger partial charge in [-0.3, -0.25) is 0 Å². The highest BCUT2D eigenvalue weighted by molar-refractivity contribution is 5.46. The molecule has 0 aromatic heterocycles. The number of anilines is 1. The molecule has 2 atom stereocenters. The van der Waals surface area contributed by atoms with E-state index in [4.69, 9.17) is 0 Å². The highest BCUT2D eigenvalue weighted by atomic mass is 15.2. The molecule has 2 nitrogen and oxygen atoms in total. The highest BCUT2D eigenvalue weighted by Gasteiger charge is 2.31.